The van der Waals surface area contributed by atoms with Crippen LogP contribution in [0, 0.1) is 6.92 Å². The van der Waals surface area contributed by atoms with E-state index in [9.17, 15) is 4.79 Å². The summed E-state index contributed by atoms with van der Waals surface area (Å²) in [5, 5.41) is 14.8. The fourth-order valence-corrected chi connectivity index (χ4v) is 2.09. The van der Waals surface area contributed by atoms with E-state index in [0.717, 1.165) is 5.56 Å². The summed E-state index contributed by atoms with van der Waals surface area (Å²) < 4.78 is 5.15. The van der Waals surface area contributed by atoms with Gasteiger partial charge < -0.3 is 9.73 Å². The Kier molecular flexibility index (Phi) is 4.46. The third-order valence-electron chi connectivity index (χ3n) is 3.30. The van der Waals surface area contributed by atoms with Crippen molar-refractivity contribution >= 4 is 5.91 Å². The first-order valence-corrected chi connectivity index (χ1v) is 7.30. The zero-order valence-electron chi connectivity index (χ0n) is 12.8. The maximum atomic E-state index is 11.8. The van der Waals surface area contributed by atoms with Crippen LogP contribution >= 0.6 is 0 Å². The Balaban J connectivity index is 1.52. The van der Waals surface area contributed by atoms with Crippen molar-refractivity contribution < 1.29 is 9.21 Å². The molecule has 0 aliphatic rings. The lowest BCUT2D eigenvalue weighted by atomic mass is 10.1. The molecule has 0 fully saturated rings. The molecule has 0 unspecified atom stereocenters. The molecule has 1 aromatic carbocycles. The molecular weight excluding hydrogens is 294 g/mol. The van der Waals surface area contributed by atoms with Gasteiger partial charge in [-0.25, -0.2) is 0 Å². The van der Waals surface area contributed by atoms with E-state index in [-0.39, 0.29) is 12.5 Å². The van der Waals surface area contributed by atoms with Crippen LogP contribution in [0.2, 0.25) is 0 Å². The summed E-state index contributed by atoms with van der Waals surface area (Å²) in [5.41, 5.74) is 2.32. The zero-order chi connectivity index (χ0) is 16.1. The smallest absolute Gasteiger partial charge is 0.244 e. The average Bonchev–Trinajstić information content (AvgIpc) is 3.20. The Labute approximate surface area is 133 Å². The number of nitrogens with one attached hydrogen (secondary N) is 1. The van der Waals surface area contributed by atoms with Gasteiger partial charge in [-0.2, -0.15) is 4.80 Å². The van der Waals surface area contributed by atoms with Gasteiger partial charge in [-0.3, -0.25) is 4.79 Å². The van der Waals surface area contributed by atoms with Crippen molar-refractivity contribution in [1.82, 2.24) is 25.5 Å². The van der Waals surface area contributed by atoms with Crippen LogP contribution in [-0.2, 0) is 24.3 Å². The second-order valence-electron chi connectivity index (χ2n) is 5.25. The first-order valence-electron chi connectivity index (χ1n) is 7.30. The minimum absolute atomic E-state index is 0.0294. The van der Waals surface area contributed by atoms with Gasteiger partial charge in [0.25, 0.3) is 0 Å². The number of carbonyl (C=O) groups is 1. The third-order valence-corrected chi connectivity index (χ3v) is 3.30. The molecule has 118 valence electrons. The lowest BCUT2D eigenvalue weighted by molar-refractivity contribution is -0.122. The number of carbonyl (C=O) groups excluding carboxylic acids is 1. The molecule has 1 amide bonds. The van der Waals surface area contributed by atoms with Crippen molar-refractivity contribution in [3.05, 3.63) is 65.4 Å². The maximum Gasteiger partial charge on any atom is 0.244 e. The minimum atomic E-state index is -0.194. The van der Waals surface area contributed by atoms with Crippen LogP contribution < -0.4 is 5.32 Å². The van der Waals surface area contributed by atoms with Gasteiger partial charge in [-0.15, -0.1) is 10.2 Å². The Bertz CT molecular complexity index is 762. The van der Waals surface area contributed by atoms with Gasteiger partial charge in [0, 0.05) is 6.42 Å². The van der Waals surface area contributed by atoms with Gasteiger partial charge >= 0.3 is 0 Å². The van der Waals surface area contributed by atoms with Gasteiger partial charge in [0.1, 0.15) is 12.3 Å². The number of hydrogen-bond acceptors (Lipinski definition) is 5. The standard InChI is InChI=1S/C16H17N5O2/c1-12-4-6-13(7-5-12)9-15-18-20-21(19-15)11-16(22)17-10-14-3-2-8-23-14/h2-8H,9-11H2,1H3,(H,17,22). The second-order valence-corrected chi connectivity index (χ2v) is 5.25. The van der Waals surface area contributed by atoms with Gasteiger partial charge in [0.2, 0.25) is 5.91 Å². The molecule has 7 nitrogen and oxygen atoms in total. The highest BCUT2D eigenvalue weighted by Gasteiger charge is 2.08. The van der Waals surface area contributed by atoms with Crippen molar-refractivity contribution in [2.45, 2.75) is 26.4 Å². The summed E-state index contributed by atoms with van der Waals surface area (Å²) in [5.74, 6) is 1.10. The molecule has 2 aromatic heterocycles. The van der Waals surface area contributed by atoms with Gasteiger partial charge in [-0.05, 0) is 29.8 Å². The first-order chi connectivity index (χ1) is 11.2. The van der Waals surface area contributed by atoms with Crippen molar-refractivity contribution in [2.24, 2.45) is 0 Å². The molecular formula is C16H17N5O2. The zero-order valence-corrected chi connectivity index (χ0v) is 12.8. The fraction of sp³-hybridized carbons (Fsp3) is 0.250. The molecule has 23 heavy (non-hydrogen) atoms. The molecule has 7 heteroatoms. The fourth-order valence-electron chi connectivity index (χ4n) is 2.09. The predicted molar refractivity (Wildman–Crippen MR) is 82.4 cm³/mol. The number of nitrogens with zero attached hydrogens (tertiary/aromatic N) is 4. The molecule has 1 N–H and O–H groups in total. The number of aryl methyl sites for hydroxylation is 1. The van der Waals surface area contributed by atoms with Crippen LogP contribution in [0.1, 0.15) is 22.7 Å². The first kappa shape index (κ1) is 15.0. The van der Waals surface area contributed by atoms with E-state index in [1.54, 1.807) is 18.4 Å². The largest absolute Gasteiger partial charge is 0.467 e. The number of benzene rings is 1. The number of furan rings is 1. The Hall–Kier alpha value is -2.96. The summed E-state index contributed by atoms with van der Waals surface area (Å²) in [6, 6.07) is 11.7. The molecule has 0 radical (unpaired) electrons. The number of hydrogen-bond donors (Lipinski definition) is 1. The molecule has 0 aliphatic heterocycles. The molecule has 2 heterocycles. The van der Waals surface area contributed by atoms with E-state index in [0.29, 0.717) is 24.6 Å². The highest BCUT2D eigenvalue weighted by atomic mass is 16.3. The SMILES string of the molecule is Cc1ccc(Cc2nnn(CC(=O)NCc3ccco3)n2)cc1. The lowest BCUT2D eigenvalue weighted by Gasteiger charge is -2.01. The number of rotatable bonds is 6. The molecule has 0 aliphatic carbocycles. The average molecular weight is 311 g/mol. The second kappa shape index (κ2) is 6.87. The van der Waals surface area contributed by atoms with Crippen LogP contribution in [0.4, 0.5) is 0 Å². The van der Waals surface area contributed by atoms with Gasteiger partial charge in [-0.1, -0.05) is 29.8 Å². The summed E-state index contributed by atoms with van der Waals surface area (Å²) >= 11 is 0. The number of aromatic nitrogens is 4. The van der Waals surface area contributed by atoms with Crippen LogP contribution in [0.25, 0.3) is 0 Å². The third kappa shape index (κ3) is 4.26. The molecule has 0 spiro atoms. The summed E-state index contributed by atoms with van der Waals surface area (Å²) in [6.07, 6.45) is 2.16. The Morgan fingerprint density at radius 1 is 1.26 bits per heavy atom. The highest BCUT2D eigenvalue weighted by molar-refractivity contribution is 5.75. The molecule has 3 aromatic rings. The highest BCUT2D eigenvalue weighted by Crippen LogP contribution is 2.06. The van der Waals surface area contributed by atoms with E-state index < -0.39 is 0 Å². The molecule has 0 saturated heterocycles. The molecule has 0 saturated carbocycles. The van der Waals surface area contributed by atoms with Crippen molar-refractivity contribution in [2.75, 3.05) is 0 Å². The maximum absolute atomic E-state index is 11.8. The Morgan fingerprint density at radius 2 is 2.09 bits per heavy atom. The van der Waals surface area contributed by atoms with E-state index in [2.05, 4.69) is 20.7 Å². The quantitative estimate of drug-likeness (QED) is 0.745. The van der Waals surface area contributed by atoms with E-state index >= 15 is 0 Å². The molecule has 0 bridgehead atoms. The summed E-state index contributed by atoms with van der Waals surface area (Å²) in [7, 11) is 0. The molecule has 3 rings (SSSR count). The van der Waals surface area contributed by atoms with Gasteiger partial charge in [0.15, 0.2) is 5.82 Å². The minimum Gasteiger partial charge on any atom is -0.467 e. The normalized spacial score (nSPS) is 10.7. The van der Waals surface area contributed by atoms with Crippen molar-refractivity contribution in [3.63, 3.8) is 0 Å². The van der Waals surface area contributed by atoms with E-state index in [4.69, 9.17) is 4.42 Å². The number of amides is 1. The van der Waals surface area contributed by atoms with Gasteiger partial charge in [0.05, 0.1) is 12.8 Å². The van der Waals surface area contributed by atoms with E-state index in [1.807, 2.05) is 31.2 Å². The molecule has 0 atom stereocenters. The van der Waals surface area contributed by atoms with Crippen LogP contribution in [-0.4, -0.2) is 26.1 Å². The van der Waals surface area contributed by atoms with E-state index in [1.165, 1.54) is 10.4 Å². The van der Waals surface area contributed by atoms with Crippen LogP contribution in [0.5, 0.6) is 0 Å². The lowest BCUT2D eigenvalue weighted by Crippen LogP contribution is -2.27. The summed E-state index contributed by atoms with van der Waals surface area (Å²) in [6.45, 7) is 2.41. The van der Waals surface area contributed by atoms with Crippen molar-refractivity contribution in [3.8, 4) is 0 Å². The topological polar surface area (TPSA) is 85.8 Å². The Morgan fingerprint density at radius 3 is 2.83 bits per heavy atom. The van der Waals surface area contributed by atoms with Crippen LogP contribution in [0.15, 0.2) is 47.1 Å². The van der Waals surface area contributed by atoms with Crippen LogP contribution in [0.3, 0.4) is 0 Å². The predicted octanol–water partition coefficient (Wildman–Crippen LogP) is 1.48. The number of tetrazole rings is 1. The monoisotopic (exact) mass is 311 g/mol. The summed E-state index contributed by atoms with van der Waals surface area (Å²) in [4.78, 5) is 13.1. The van der Waals surface area contributed by atoms with Crippen molar-refractivity contribution in [1.29, 1.82) is 0 Å².